The van der Waals surface area contributed by atoms with Gasteiger partial charge < -0.3 is 10.1 Å². The Hall–Kier alpha value is -1.65. The number of halogens is 1. The van der Waals surface area contributed by atoms with E-state index in [1.54, 1.807) is 43.0 Å². The lowest BCUT2D eigenvalue weighted by molar-refractivity contribution is -0.122. The summed E-state index contributed by atoms with van der Waals surface area (Å²) in [5.41, 5.74) is 0.749. The van der Waals surface area contributed by atoms with Gasteiger partial charge in [-0.2, -0.15) is 0 Å². The molecule has 110 valence electrons. The molecule has 0 aliphatic carbocycles. The van der Waals surface area contributed by atoms with Gasteiger partial charge in [0.05, 0.1) is 0 Å². The van der Waals surface area contributed by atoms with Crippen LogP contribution in [0.15, 0.2) is 53.4 Å². The van der Waals surface area contributed by atoms with Crippen LogP contribution in [0.25, 0.3) is 0 Å². The second kappa shape index (κ2) is 7.38. The molecule has 0 aliphatic heterocycles. The van der Waals surface area contributed by atoms with Gasteiger partial charge in [0.2, 0.25) is 0 Å². The lowest BCUT2D eigenvalue weighted by Crippen LogP contribution is -2.30. The van der Waals surface area contributed by atoms with E-state index in [2.05, 4.69) is 5.32 Å². The molecule has 0 bridgehead atoms. The number of carbonyl (C=O) groups excluding carboxylic acids is 1. The smallest absolute Gasteiger partial charge is 0.265 e. The normalized spacial score (nSPS) is 11.8. The molecule has 0 saturated heterocycles. The number of hydrogen-bond donors (Lipinski definition) is 1. The number of rotatable bonds is 5. The Morgan fingerprint density at radius 2 is 1.95 bits per heavy atom. The Labute approximate surface area is 133 Å². The number of amides is 1. The van der Waals surface area contributed by atoms with Crippen LogP contribution in [0.1, 0.15) is 6.92 Å². The van der Waals surface area contributed by atoms with Gasteiger partial charge in [-0.25, -0.2) is 0 Å². The van der Waals surface area contributed by atoms with Gasteiger partial charge in [0.25, 0.3) is 5.91 Å². The van der Waals surface area contributed by atoms with Gasteiger partial charge in [-0.05, 0) is 55.6 Å². The third-order valence-corrected chi connectivity index (χ3v) is 3.81. The largest absolute Gasteiger partial charge is 0.481 e. The highest BCUT2D eigenvalue weighted by Gasteiger charge is 2.15. The summed E-state index contributed by atoms with van der Waals surface area (Å²) in [5.74, 6) is 0.370. The Balaban J connectivity index is 1.95. The zero-order chi connectivity index (χ0) is 15.2. The van der Waals surface area contributed by atoms with E-state index in [1.165, 1.54) is 0 Å². The summed E-state index contributed by atoms with van der Waals surface area (Å²) in [6.07, 6.45) is 1.40. The first-order chi connectivity index (χ1) is 10.1. The molecular formula is C16H16ClNO2S. The van der Waals surface area contributed by atoms with E-state index in [-0.39, 0.29) is 5.91 Å². The highest BCUT2D eigenvalue weighted by molar-refractivity contribution is 7.98. The van der Waals surface area contributed by atoms with Gasteiger partial charge >= 0.3 is 0 Å². The second-order valence-electron chi connectivity index (χ2n) is 4.44. The van der Waals surface area contributed by atoms with Gasteiger partial charge in [0, 0.05) is 15.6 Å². The fourth-order valence-electron chi connectivity index (χ4n) is 1.72. The quantitative estimate of drug-likeness (QED) is 0.826. The summed E-state index contributed by atoms with van der Waals surface area (Å²) in [6.45, 7) is 1.70. The number of thioether (sulfide) groups is 1. The van der Waals surface area contributed by atoms with Crippen molar-refractivity contribution in [3.63, 3.8) is 0 Å². The van der Waals surface area contributed by atoms with Crippen LogP contribution in [0, 0.1) is 0 Å². The Bertz CT molecular complexity index is 616. The summed E-state index contributed by atoms with van der Waals surface area (Å²) in [4.78, 5) is 13.2. The molecule has 1 unspecified atom stereocenters. The molecule has 0 spiro atoms. The lowest BCUT2D eigenvalue weighted by Gasteiger charge is -2.15. The van der Waals surface area contributed by atoms with Crippen molar-refractivity contribution in [1.29, 1.82) is 0 Å². The number of carbonyl (C=O) groups is 1. The number of anilines is 1. The SMILES string of the molecule is CSc1ccc(NC(=O)C(C)Oc2cccc(Cl)c2)cc1. The van der Waals surface area contributed by atoms with E-state index in [9.17, 15) is 4.79 Å². The monoisotopic (exact) mass is 321 g/mol. The minimum Gasteiger partial charge on any atom is -0.481 e. The van der Waals surface area contributed by atoms with Crippen LogP contribution in [-0.4, -0.2) is 18.3 Å². The van der Waals surface area contributed by atoms with Crippen molar-refractivity contribution in [2.75, 3.05) is 11.6 Å². The predicted octanol–water partition coefficient (Wildman–Crippen LogP) is 4.47. The van der Waals surface area contributed by atoms with Crippen molar-refractivity contribution < 1.29 is 9.53 Å². The first-order valence-corrected chi connectivity index (χ1v) is 8.06. The average Bonchev–Trinajstić information content (AvgIpc) is 2.48. The van der Waals surface area contributed by atoms with Gasteiger partial charge in [-0.15, -0.1) is 11.8 Å². The van der Waals surface area contributed by atoms with E-state index in [0.29, 0.717) is 10.8 Å². The summed E-state index contributed by atoms with van der Waals surface area (Å²) in [7, 11) is 0. The summed E-state index contributed by atoms with van der Waals surface area (Å²) < 4.78 is 5.57. The zero-order valence-corrected chi connectivity index (χ0v) is 13.4. The fraction of sp³-hybridized carbons (Fsp3) is 0.188. The number of nitrogens with one attached hydrogen (secondary N) is 1. The molecule has 0 radical (unpaired) electrons. The van der Waals surface area contributed by atoms with Gasteiger partial charge in [0.15, 0.2) is 6.10 Å². The molecule has 2 aromatic rings. The molecule has 2 aromatic carbocycles. The van der Waals surface area contributed by atoms with Crippen LogP contribution >= 0.6 is 23.4 Å². The standard InChI is InChI=1S/C16H16ClNO2S/c1-11(20-14-5-3-4-12(17)10-14)16(19)18-13-6-8-15(21-2)9-7-13/h3-11H,1-2H3,(H,18,19). The maximum Gasteiger partial charge on any atom is 0.265 e. The van der Waals surface area contributed by atoms with Gasteiger partial charge in [0.1, 0.15) is 5.75 Å². The van der Waals surface area contributed by atoms with Gasteiger partial charge in [-0.1, -0.05) is 17.7 Å². The van der Waals surface area contributed by atoms with E-state index in [0.717, 1.165) is 10.6 Å². The van der Waals surface area contributed by atoms with Crippen molar-refractivity contribution in [3.8, 4) is 5.75 Å². The van der Waals surface area contributed by atoms with E-state index >= 15 is 0 Å². The third kappa shape index (κ3) is 4.69. The van der Waals surface area contributed by atoms with Crippen molar-refractivity contribution in [2.45, 2.75) is 17.9 Å². The molecule has 1 N–H and O–H groups in total. The molecular weight excluding hydrogens is 306 g/mol. The molecule has 21 heavy (non-hydrogen) atoms. The molecule has 1 atom stereocenters. The first-order valence-electron chi connectivity index (χ1n) is 6.45. The Morgan fingerprint density at radius 3 is 2.57 bits per heavy atom. The highest BCUT2D eigenvalue weighted by Crippen LogP contribution is 2.20. The van der Waals surface area contributed by atoms with E-state index in [1.807, 2.05) is 30.5 Å². The van der Waals surface area contributed by atoms with Crippen LogP contribution in [-0.2, 0) is 4.79 Å². The van der Waals surface area contributed by atoms with Crippen molar-refractivity contribution in [3.05, 3.63) is 53.6 Å². The Kier molecular flexibility index (Phi) is 5.53. The summed E-state index contributed by atoms with van der Waals surface area (Å²) >= 11 is 7.54. The molecule has 2 rings (SSSR count). The maximum atomic E-state index is 12.1. The molecule has 0 aromatic heterocycles. The molecule has 0 aliphatic rings. The van der Waals surface area contributed by atoms with Crippen molar-refractivity contribution in [1.82, 2.24) is 0 Å². The average molecular weight is 322 g/mol. The summed E-state index contributed by atoms with van der Waals surface area (Å²) in [6, 6.07) is 14.6. The highest BCUT2D eigenvalue weighted by atomic mass is 35.5. The number of benzene rings is 2. The summed E-state index contributed by atoms with van der Waals surface area (Å²) in [5, 5.41) is 3.40. The minimum atomic E-state index is -0.608. The van der Waals surface area contributed by atoms with Crippen LogP contribution in [0.4, 0.5) is 5.69 Å². The van der Waals surface area contributed by atoms with Crippen LogP contribution < -0.4 is 10.1 Å². The van der Waals surface area contributed by atoms with Crippen LogP contribution in [0.3, 0.4) is 0 Å². The molecule has 3 nitrogen and oxygen atoms in total. The minimum absolute atomic E-state index is 0.202. The topological polar surface area (TPSA) is 38.3 Å². The number of ether oxygens (including phenoxy) is 1. The molecule has 5 heteroatoms. The van der Waals surface area contributed by atoms with Crippen LogP contribution in [0.5, 0.6) is 5.75 Å². The molecule has 0 fully saturated rings. The van der Waals surface area contributed by atoms with Gasteiger partial charge in [-0.3, -0.25) is 4.79 Å². The Morgan fingerprint density at radius 1 is 1.24 bits per heavy atom. The predicted molar refractivity (Wildman–Crippen MR) is 88.4 cm³/mol. The zero-order valence-electron chi connectivity index (χ0n) is 11.8. The third-order valence-electron chi connectivity index (χ3n) is 2.84. The maximum absolute atomic E-state index is 12.1. The second-order valence-corrected chi connectivity index (χ2v) is 5.75. The fourth-order valence-corrected chi connectivity index (χ4v) is 2.30. The first kappa shape index (κ1) is 15.7. The van der Waals surface area contributed by atoms with Crippen molar-refractivity contribution in [2.24, 2.45) is 0 Å². The molecule has 0 saturated carbocycles. The van der Waals surface area contributed by atoms with E-state index < -0.39 is 6.10 Å². The van der Waals surface area contributed by atoms with Crippen LogP contribution in [0.2, 0.25) is 5.02 Å². The molecule has 1 amide bonds. The number of hydrogen-bond acceptors (Lipinski definition) is 3. The lowest BCUT2D eigenvalue weighted by atomic mass is 10.3. The van der Waals surface area contributed by atoms with Crippen molar-refractivity contribution >= 4 is 35.0 Å². The van der Waals surface area contributed by atoms with E-state index in [4.69, 9.17) is 16.3 Å². The molecule has 0 heterocycles.